The Kier molecular flexibility index (Phi) is 7.30. The van der Waals surface area contributed by atoms with Gasteiger partial charge in [0.05, 0.1) is 26.2 Å². The van der Waals surface area contributed by atoms with Crippen molar-refractivity contribution in [3.05, 3.63) is 90.0 Å². The molecule has 0 bridgehead atoms. The van der Waals surface area contributed by atoms with Crippen LogP contribution < -0.4 is 24.2 Å². The van der Waals surface area contributed by atoms with Gasteiger partial charge >= 0.3 is 0 Å². The number of benzene rings is 4. The molecule has 186 valence electrons. The molecule has 1 amide bonds. The standard InChI is InChI=1S/C27H26N2O6S/c1-33-23-11-13-25(34-2)21(15-23)17-35-26-16-22(10-12-24(26)29-36(3,31)32)28-27(30)20-9-8-18-6-4-5-7-19(18)14-20/h4-16,29H,17H2,1-3H3,(H,28,30). The quantitative estimate of drug-likeness (QED) is 0.329. The Bertz CT molecular complexity index is 1520. The van der Waals surface area contributed by atoms with E-state index in [-0.39, 0.29) is 24.0 Å². The molecule has 0 aliphatic rings. The number of hydrogen-bond donors (Lipinski definition) is 2. The molecule has 8 nitrogen and oxygen atoms in total. The summed E-state index contributed by atoms with van der Waals surface area (Å²) in [7, 11) is -0.464. The van der Waals surface area contributed by atoms with Gasteiger partial charge in [0.25, 0.3) is 5.91 Å². The SMILES string of the molecule is COc1ccc(OC)c(COc2cc(NC(=O)c3ccc4ccccc4c3)ccc2NS(C)(=O)=O)c1. The topological polar surface area (TPSA) is 103 Å². The van der Waals surface area contributed by atoms with Crippen LogP contribution in [0.2, 0.25) is 0 Å². The van der Waals surface area contributed by atoms with E-state index in [1.807, 2.05) is 36.4 Å². The van der Waals surface area contributed by atoms with Crippen LogP contribution >= 0.6 is 0 Å². The van der Waals surface area contributed by atoms with Crippen molar-refractivity contribution in [2.24, 2.45) is 0 Å². The molecule has 0 spiro atoms. The number of carbonyl (C=O) groups excluding carboxylic acids is 1. The summed E-state index contributed by atoms with van der Waals surface area (Å²) in [6.45, 7) is 0.0703. The maximum absolute atomic E-state index is 12.9. The molecule has 36 heavy (non-hydrogen) atoms. The predicted molar refractivity (Wildman–Crippen MR) is 141 cm³/mol. The van der Waals surface area contributed by atoms with Gasteiger partial charge in [0.15, 0.2) is 0 Å². The molecule has 2 N–H and O–H groups in total. The van der Waals surface area contributed by atoms with E-state index in [0.29, 0.717) is 28.3 Å². The van der Waals surface area contributed by atoms with Gasteiger partial charge in [-0.25, -0.2) is 8.42 Å². The maximum Gasteiger partial charge on any atom is 0.255 e. The van der Waals surface area contributed by atoms with Gasteiger partial charge in [-0.15, -0.1) is 0 Å². The third kappa shape index (κ3) is 6.05. The number of methoxy groups -OCH3 is 2. The molecule has 4 aromatic rings. The summed E-state index contributed by atoms with van der Waals surface area (Å²) in [5.74, 6) is 1.15. The zero-order valence-electron chi connectivity index (χ0n) is 20.1. The van der Waals surface area contributed by atoms with E-state index in [2.05, 4.69) is 10.0 Å². The highest BCUT2D eigenvalue weighted by Gasteiger charge is 2.14. The molecule has 4 rings (SSSR count). The largest absolute Gasteiger partial charge is 0.497 e. The predicted octanol–water partition coefficient (Wildman–Crippen LogP) is 5.06. The van der Waals surface area contributed by atoms with Crippen LogP contribution in [0.3, 0.4) is 0 Å². The summed E-state index contributed by atoms with van der Waals surface area (Å²) >= 11 is 0. The van der Waals surface area contributed by atoms with Crippen molar-refractivity contribution in [3.63, 3.8) is 0 Å². The summed E-state index contributed by atoms with van der Waals surface area (Å²) in [5, 5.41) is 4.84. The average molecular weight is 507 g/mol. The maximum atomic E-state index is 12.9. The van der Waals surface area contributed by atoms with Crippen LogP contribution in [0, 0.1) is 0 Å². The third-order valence-electron chi connectivity index (χ3n) is 5.42. The number of anilines is 2. The fraction of sp³-hybridized carbons (Fsp3) is 0.148. The highest BCUT2D eigenvalue weighted by molar-refractivity contribution is 7.92. The zero-order chi connectivity index (χ0) is 25.7. The minimum absolute atomic E-state index is 0.0703. The number of ether oxygens (including phenoxy) is 3. The molecule has 0 saturated heterocycles. The number of carbonyl (C=O) groups is 1. The monoisotopic (exact) mass is 506 g/mol. The lowest BCUT2D eigenvalue weighted by atomic mass is 10.1. The van der Waals surface area contributed by atoms with E-state index < -0.39 is 10.0 Å². The van der Waals surface area contributed by atoms with E-state index in [1.54, 1.807) is 50.6 Å². The lowest BCUT2D eigenvalue weighted by molar-refractivity contribution is 0.102. The van der Waals surface area contributed by atoms with Crippen LogP contribution in [0.4, 0.5) is 11.4 Å². The second-order valence-corrected chi connectivity index (χ2v) is 9.82. The van der Waals surface area contributed by atoms with Gasteiger partial charge in [0, 0.05) is 22.9 Å². The van der Waals surface area contributed by atoms with Gasteiger partial charge in [-0.1, -0.05) is 30.3 Å². The second-order valence-electron chi connectivity index (χ2n) is 8.07. The first kappa shape index (κ1) is 24.9. The number of amides is 1. The highest BCUT2D eigenvalue weighted by atomic mass is 32.2. The third-order valence-corrected chi connectivity index (χ3v) is 6.01. The first-order chi connectivity index (χ1) is 17.3. The molecule has 0 heterocycles. The lowest BCUT2D eigenvalue weighted by Gasteiger charge is -2.16. The Hall–Kier alpha value is -4.24. The van der Waals surface area contributed by atoms with Gasteiger partial charge in [-0.05, 0) is 53.2 Å². The fourth-order valence-corrected chi connectivity index (χ4v) is 4.26. The molecule has 0 aliphatic heterocycles. The minimum Gasteiger partial charge on any atom is -0.497 e. The Morgan fingerprint density at radius 2 is 1.61 bits per heavy atom. The number of fused-ring (bicyclic) bond motifs is 1. The normalized spacial score (nSPS) is 11.1. The molecular formula is C27H26N2O6S. The summed E-state index contributed by atoms with van der Waals surface area (Å²) in [5.41, 5.74) is 1.88. The van der Waals surface area contributed by atoms with Crippen LogP contribution in [0.15, 0.2) is 78.9 Å². The first-order valence-corrected chi connectivity index (χ1v) is 12.9. The van der Waals surface area contributed by atoms with Crippen molar-refractivity contribution < 1.29 is 27.4 Å². The van der Waals surface area contributed by atoms with Crippen molar-refractivity contribution in [2.75, 3.05) is 30.5 Å². The van der Waals surface area contributed by atoms with Crippen molar-refractivity contribution >= 4 is 38.1 Å². The van der Waals surface area contributed by atoms with Crippen LogP contribution in [0.1, 0.15) is 15.9 Å². The summed E-state index contributed by atoms with van der Waals surface area (Å²) in [4.78, 5) is 12.9. The van der Waals surface area contributed by atoms with Crippen molar-refractivity contribution in [3.8, 4) is 17.2 Å². The Morgan fingerprint density at radius 1 is 0.833 bits per heavy atom. The molecule has 0 atom stereocenters. The van der Waals surface area contributed by atoms with Gasteiger partial charge in [0.2, 0.25) is 10.0 Å². The van der Waals surface area contributed by atoms with E-state index in [0.717, 1.165) is 17.0 Å². The molecular weight excluding hydrogens is 480 g/mol. The van der Waals surface area contributed by atoms with Crippen LogP contribution in [0.25, 0.3) is 10.8 Å². The van der Waals surface area contributed by atoms with Gasteiger partial charge in [-0.2, -0.15) is 0 Å². The van der Waals surface area contributed by atoms with Crippen LogP contribution in [-0.2, 0) is 16.6 Å². The smallest absolute Gasteiger partial charge is 0.255 e. The van der Waals surface area contributed by atoms with E-state index in [4.69, 9.17) is 14.2 Å². The summed E-state index contributed by atoms with van der Waals surface area (Å²) in [6, 6.07) is 23.2. The van der Waals surface area contributed by atoms with E-state index in [1.165, 1.54) is 6.07 Å². The fourth-order valence-electron chi connectivity index (χ4n) is 3.69. The Morgan fingerprint density at radius 3 is 2.33 bits per heavy atom. The molecule has 0 aliphatic carbocycles. The molecule has 4 aromatic carbocycles. The molecule has 0 fully saturated rings. The first-order valence-electron chi connectivity index (χ1n) is 11.0. The number of sulfonamides is 1. The van der Waals surface area contributed by atoms with Gasteiger partial charge in [-0.3, -0.25) is 9.52 Å². The Labute approximate surface area is 209 Å². The van der Waals surface area contributed by atoms with E-state index in [9.17, 15) is 13.2 Å². The number of hydrogen-bond acceptors (Lipinski definition) is 6. The second kappa shape index (κ2) is 10.6. The van der Waals surface area contributed by atoms with Crippen LogP contribution in [-0.4, -0.2) is 34.8 Å². The van der Waals surface area contributed by atoms with E-state index >= 15 is 0 Å². The summed E-state index contributed by atoms with van der Waals surface area (Å²) in [6.07, 6.45) is 1.05. The zero-order valence-corrected chi connectivity index (χ0v) is 20.9. The molecule has 0 unspecified atom stereocenters. The molecule has 0 radical (unpaired) electrons. The molecule has 0 saturated carbocycles. The summed E-state index contributed by atoms with van der Waals surface area (Å²) < 4.78 is 42.9. The van der Waals surface area contributed by atoms with Crippen LogP contribution in [0.5, 0.6) is 17.2 Å². The van der Waals surface area contributed by atoms with Crippen molar-refractivity contribution in [1.82, 2.24) is 0 Å². The Balaban J connectivity index is 1.60. The number of nitrogens with one attached hydrogen (secondary N) is 2. The molecule has 0 aromatic heterocycles. The van der Waals surface area contributed by atoms with Crippen molar-refractivity contribution in [2.45, 2.75) is 6.61 Å². The average Bonchev–Trinajstić information content (AvgIpc) is 2.87. The lowest BCUT2D eigenvalue weighted by Crippen LogP contribution is -2.14. The minimum atomic E-state index is -3.57. The van der Waals surface area contributed by atoms with Gasteiger partial charge < -0.3 is 19.5 Å². The highest BCUT2D eigenvalue weighted by Crippen LogP contribution is 2.32. The molecule has 9 heteroatoms. The number of rotatable bonds is 9. The van der Waals surface area contributed by atoms with Gasteiger partial charge in [0.1, 0.15) is 23.9 Å². The van der Waals surface area contributed by atoms with Crippen molar-refractivity contribution in [1.29, 1.82) is 0 Å².